The van der Waals surface area contributed by atoms with Crippen LogP contribution in [0, 0.1) is 17.0 Å². The van der Waals surface area contributed by atoms with Crippen molar-refractivity contribution in [2.75, 3.05) is 5.32 Å². The summed E-state index contributed by atoms with van der Waals surface area (Å²) in [6.45, 7) is 1.76. The van der Waals surface area contributed by atoms with Crippen LogP contribution in [0.25, 0.3) is 0 Å². The van der Waals surface area contributed by atoms with Gasteiger partial charge in [-0.05, 0) is 30.2 Å². The van der Waals surface area contributed by atoms with Crippen molar-refractivity contribution in [1.29, 1.82) is 0 Å². The maximum atomic E-state index is 10.5. The van der Waals surface area contributed by atoms with Gasteiger partial charge in [-0.25, -0.2) is 0 Å². The molecule has 0 bridgehead atoms. The van der Waals surface area contributed by atoms with Gasteiger partial charge in [0.1, 0.15) is 5.69 Å². The van der Waals surface area contributed by atoms with Gasteiger partial charge in [0.15, 0.2) is 0 Å². The van der Waals surface area contributed by atoms with E-state index in [1.54, 1.807) is 13.0 Å². The first-order chi connectivity index (χ1) is 6.50. The maximum Gasteiger partial charge on any atom is 0.318 e. The summed E-state index contributed by atoms with van der Waals surface area (Å²) in [4.78, 5) is 20.5. The van der Waals surface area contributed by atoms with Gasteiger partial charge in [-0.15, -0.1) is 0 Å². The molecule has 0 aliphatic heterocycles. The van der Waals surface area contributed by atoms with Gasteiger partial charge in [0.05, 0.1) is 4.92 Å². The predicted molar refractivity (Wildman–Crippen MR) is 52.7 cm³/mol. The summed E-state index contributed by atoms with van der Waals surface area (Å²) in [5.74, 6) is 0. The number of carbonyl (C=O) groups is 1. The zero-order valence-electron chi connectivity index (χ0n) is 7.28. The van der Waals surface area contributed by atoms with E-state index in [4.69, 9.17) is 11.6 Å². The van der Waals surface area contributed by atoms with Crippen LogP contribution in [0.3, 0.4) is 0 Å². The molecule has 0 aliphatic carbocycles. The molecule has 0 saturated heterocycles. The molecular formula is C8H7ClN2O3. The minimum atomic E-state index is -0.848. The topological polar surface area (TPSA) is 72.2 Å². The normalized spacial score (nSPS) is 9.57. The Labute approximate surface area is 84.8 Å². The number of nitro benzene ring substituents is 1. The van der Waals surface area contributed by atoms with E-state index in [1.807, 2.05) is 0 Å². The third-order valence-electron chi connectivity index (χ3n) is 1.58. The lowest BCUT2D eigenvalue weighted by Crippen LogP contribution is -2.04. The highest BCUT2D eigenvalue weighted by molar-refractivity contribution is 6.65. The Morgan fingerprint density at radius 3 is 2.71 bits per heavy atom. The third kappa shape index (κ3) is 2.43. The molecule has 0 saturated carbocycles. The number of carbonyl (C=O) groups excluding carboxylic acids is 1. The Hall–Kier alpha value is -1.62. The van der Waals surface area contributed by atoms with E-state index in [0.29, 0.717) is 0 Å². The smallest absolute Gasteiger partial charge is 0.307 e. The second-order valence-electron chi connectivity index (χ2n) is 2.68. The fourth-order valence-electron chi connectivity index (χ4n) is 1.02. The predicted octanol–water partition coefficient (Wildman–Crippen LogP) is 2.67. The van der Waals surface area contributed by atoms with E-state index in [-0.39, 0.29) is 11.4 Å². The van der Waals surface area contributed by atoms with Crippen LogP contribution in [-0.2, 0) is 0 Å². The molecule has 0 radical (unpaired) electrons. The van der Waals surface area contributed by atoms with Crippen molar-refractivity contribution in [3.63, 3.8) is 0 Å². The lowest BCUT2D eigenvalue weighted by molar-refractivity contribution is -0.383. The number of amides is 1. The molecule has 1 aromatic carbocycles. The number of aryl methyl sites for hydroxylation is 1. The summed E-state index contributed by atoms with van der Waals surface area (Å²) in [6, 6.07) is 4.39. The summed E-state index contributed by atoms with van der Waals surface area (Å²) >= 11 is 5.07. The Bertz CT molecular complexity index is 392. The fraction of sp³-hybridized carbons (Fsp3) is 0.125. The molecule has 0 spiro atoms. The van der Waals surface area contributed by atoms with Gasteiger partial charge in [0, 0.05) is 6.07 Å². The van der Waals surface area contributed by atoms with E-state index >= 15 is 0 Å². The number of benzene rings is 1. The number of anilines is 1. The van der Waals surface area contributed by atoms with Crippen molar-refractivity contribution >= 4 is 28.3 Å². The summed E-state index contributed by atoms with van der Waals surface area (Å²) in [5, 5.41) is 11.9. The summed E-state index contributed by atoms with van der Waals surface area (Å²) < 4.78 is 0. The largest absolute Gasteiger partial charge is 0.318 e. The first kappa shape index (κ1) is 10.5. The van der Waals surface area contributed by atoms with Crippen molar-refractivity contribution in [1.82, 2.24) is 0 Å². The van der Waals surface area contributed by atoms with Crippen LogP contribution in [0.5, 0.6) is 0 Å². The molecule has 1 aromatic rings. The molecule has 0 atom stereocenters. The first-order valence-corrected chi connectivity index (χ1v) is 4.10. The lowest BCUT2D eigenvalue weighted by atomic mass is 10.2. The monoisotopic (exact) mass is 214 g/mol. The zero-order chi connectivity index (χ0) is 10.7. The van der Waals surface area contributed by atoms with Crippen LogP contribution in [0.15, 0.2) is 18.2 Å². The number of rotatable bonds is 2. The second kappa shape index (κ2) is 4.06. The SMILES string of the molecule is Cc1ccc([N+](=O)[O-])c(NC(=O)Cl)c1. The molecule has 6 heteroatoms. The number of nitrogens with zero attached hydrogens (tertiary/aromatic N) is 1. The maximum absolute atomic E-state index is 10.5. The number of hydrogen-bond donors (Lipinski definition) is 1. The fourth-order valence-corrected chi connectivity index (χ4v) is 1.12. The zero-order valence-corrected chi connectivity index (χ0v) is 8.04. The Balaban J connectivity index is 3.15. The molecule has 0 fully saturated rings. The van der Waals surface area contributed by atoms with Gasteiger partial charge in [-0.3, -0.25) is 14.9 Å². The molecule has 0 heterocycles. The molecule has 0 unspecified atom stereocenters. The summed E-state index contributed by atoms with van der Waals surface area (Å²) in [7, 11) is 0. The van der Waals surface area contributed by atoms with Crippen LogP contribution >= 0.6 is 11.6 Å². The minimum Gasteiger partial charge on any atom is -0.307 e. The van der Waals surface area contributed by atoms with Crippen LogP contribution in [0.2, 0.25) is 0 Å². The van der Waals surface area contributed by atoms with Crippen molar-refractivity contribution in [3.05, 3.63) is 33.9 Å². The van der Waals surface area contributed by atoms with Gasteiger partial charge < -0.3 is 5.32 Å². The average Bonchev–Trinajstić information content (AvgIpc) is 2.01. The molecule has 1 N–H and O–H groups in total. The van der Waals surface area contributed by atoms with E-state index in [1.165, 1.54) is 12.1 Å². The van der Waals surface area contributed by atoms with Crippen LogP contribution < -0.4 is 5.32 Å². The Morgan fingerprint density at radius 2 is 2.21 bits per heavy atom. The van der Waals surface area contributed by atoms with Gasteiger partial charge >= 0.3 is 5.37 Å². The van der Waals surface area contributed by atoms with Crippen molar-refractivity contribution in [2.24, 2.45) is 0 Å². The van der Waals surface area contributed by atoms with Crippen LogP contribution in [0.1, 0.15) is 5.56 Å². The lowest BCUT2D eigenvalue weighted by Gasteiger charge is -2.02. The van der Waals surface area contributed by atoms with Crippen LogP contribution in [0.4, 0.5) is 16.2 Å². The van der Waals surface area contributed by atoms with Gasteiger partial charge in [-0.1, -0.05) is 6.07 Å². The molecule has 1 rings (SSSR count). The second-order valence-corrected chi connectivity index (χ2v) is 3.02. The van der Waals surface area contributed by atoms with Crippen LogP contribution in [-0.4, -0.2) is 10.3 Å². The number of halogens is 1. The minimum absolute atomic E-state index is 0.106. The molecule has 1 amide bonds. The number of nitro groups is 1. The summed E-state index contributed by atoms with van der Waals surface area (Å²) in [5.41, 5.74) is 0.732. The molecule has 14 heavy (non-hydrogen) atoms. The van der Waals surface area contributed by atoms with E-state index in [0.717, 1.165) is 5.56 Å². The molecule has 0 aliphatic rings. The van der Waals surface area contributed by atoms with E-state index in [9.17, 15) is 14.9 Å². The van der Waals surface area contributed by atoms with Gasteiger partial charge in [0.2, 0.25) is 0 Å². The Kier molecular flexibility index (Phi) is 3.03. The van der Waals surface area contributed by atoms with Gasteiger partial charge in [-0.2, -0.15) is 0 Å². The first-order valence-electron chi connectivity index (χ1n) is 3.72. The molecular weight excluding hydrogens is 208 g/mol. The number of nitrogens with one attached hydrogen (secondary N) is 1. The van der Waals surface area contributed by atoms with Crippen molar-refractivity contribution in [2.45, 2.75) is 6.92 Å². The molecule has 0 aromatic heterocycles. The standard InChI is InChI=1S/C8H7ClN2O3/c1-5-2-3-7(11(13)14)6(4-5)10-8(9)12/h2-4H,1H3,(H,10,12). The highest BCUT2D eigenvalue weighted by Gasteiger charge is 2.14. The summed E-state index contributed by atoms with van der Waals surface area (Å²) in [6.07, 6.45) is 0. The van der Waals surface area contributed by atoms with E-state index < -0.39 is 10.3 Å². The van der Waals surface area contributed by atoms with E-state index in [2.05, 4.69) is 5.32 Å². The highest BCUT2D eigenvalue weighted by Crippen LogP contribution is 2.25. The highest BCUT2D eigenvalue weighted by atomic mass is 35.5. The van der Waals surface area contributed by atoms with Crippen molar-refractivity contribution in [3.8, 4) is 0 Å². The Morgan fingerprint density at radius 1 is 1.57 bits per heavy atom. The molecule has 74 valence electrons. The van der Waals surface area contributed by atoms with Gasteiger partial charge in [0.25, 0.3) is 5.69 Å². The number of hydrogen-bond acceptors (Lipinski definition) is 3. The quantitative estimate of drug-likeness (QED) is 0.356. The molecule has 5 nitrogen and oxygen atoms in total. The third-order valence-corrected chi connectivity index (χ3v) is 1.68. The van der Waals surface area contributed by atoms with Crippen molar-refractivity contribution < 1.29 is 9.72 Å². The average molecular weight is 215 g/mol.